The average Bonchev–Trinajstić information content (AvgIpc) is 2.89. The van der Waals surface area contributed by atoms with Gasteiger partial charge in [0.2, 0.25) is 0 Å². The van der Waals surface area contributed by atoms with Gasteiger partial charge in [-0.25, -0.2) is 4.68 Å². The Morgan fingerprint density at radius 2 is 2.10 bits per heavy atom. The summed E-state index contributed by atoms with van der Waals surface area (Å²) in [7, 11) is 0. The van der Waals surface area contributed by atoms with Crippen molar-refractivity contribution >= 4 is 0 Å². The van der Waals surface area contributed by atoms with Crippen LogP contribution in [0.2, 0.25) is 0 Å². The zero-order chi connectivity index (χ0) is 14.4. The van der Waals surface area contributed by atoms with Crippen molar-refractivity contribution in [3.63, 3.8) is 0 Å². The average molecular weight is 276 g/mol. The predicted molar refractivity (Wildman–Crippen MR) is 82.3 cm³/mol. The molecule has 1 saturated carbocycles. The lowest BCUT2D eigenvalue weighted by atomic mass is 9.78. The van der Waals surface area contributed by atoms with Gasteiger partial charge in [-0.2, -0.15) is 0 Å². The topological polar surface area (TPSA) is 56.7 Å². The molecule has 0 unspecified atom stereocenters. The first kappa shape index (κ1) is 15.2. The van der Waals surface area contributed by atoms with Crippen LogP contribution in [0.3, 0.4) is 0 Å². The molecule has 1 aromatic heterocycles. The van der Waals surface area contributed by atoms with E-state index in [1.165, 1.54) is 50.6 Å². The second-order valence-electron chi connectivity index (χ2n) is 5.96. The monoisotopic (exact) mass is 276 g/mol. The quantitative estimate of drug-likeness (QED) is 0.777. The molecule has 0 aromatic carbocycles. The van der Waals surface area contributed by atoms with Crippen LogP contribution < -0.4 is 5.73 Å². The van der Waals surface area contributed by atoms with Gasteiger partial charge in [0.05, 0.1) is 17.9 Å². The van der Waals surface area contributed by atoms with Crippen LogP contribution in [-0.4, -0.2) is 15.0 Å². The van der Waals surface area contributed by atoms with Crippen molar-refractivity contribution in [3.8, 4) is 0 Å². The maximum Gasteiger partial charge on any atom is 0.0997 e. The Balaban J connectivity index is 2.02. The normalized spacial score (nSPS) is 22.9. The minimum atomic E-state index is 0.488. The summed E-state index contributed by atoms with van der Waals surface area (Å²) in [5.41, 5.74) is 8.06. The maximum absolute atomic E-state index is 5.82. The van der Waals surface area contributed by atoms with E-state index in [9.17, 15) is 0 Å². The van der Waals surface area contributed by atoms with Crippen molar-refractivity contribution < 1.29 is 0 Å². The van der Waals surface area contributed by atoms with Gasteiger partial charge >= 0.3 is 0 Å². The second kappa shape index (κ2) is 7.58. The fraction of sp³-hybridized carbons (Fsp3) is 0.750. The van der Waals surface area contributed by atoms with Gasteiger partial charge in [0, 0.05) is 12.5 Å². The predicted octanol–water partition coefficient (Wildman–Crippen LogP) is 3.39. The Morgan fingerprint density at radius 1 is 1.35 bits per heavy atom. The van der Waals surface area contributed by atoms with Crippen molar-refractivity contribution in [3.05, 3.63) is 24.0 Å². The summed E-state index contributed by atoms with van der Waals surface area (Å²) in [4.78, 5) is 0. The number of hydrogen-bond donors (Lipinski definition) is 1. The summed E-state index contributed by atoms with van der Waals surface area (Å²) in [6.07, 6.45) is 11.2. The van der Waals surface area contributed by atoms with Crippen molar-refractivity contribution in [2.75, 3.05) is 0 Å². The van der Waals surface area contributed by atoms with E-state index in [4.69, 9.17) is 5.73 Å². The number of unbranched alkanes of at least 4 members (excludes halogenated alkanes) is 1. The Hall–Kier alpha value is -1.16. The number of aromatic nitrogens is 3. The van der Waals surface area contributed by atoms with E-state index >= 15 is 0 Å². The van der Waals surface area contributed by atoms with E-state index in [-0.39, 0.29) is 0 Å². The lowest BCUT2D eigenvalue weighted by molar-refractivity contribution is 0.296. The highest BCUT2D eigenvalue weighted by molar-refractivity contribution is 5.17. The van der Waals surface area contributed by atoms with Crippen molar-refractivity contribution in [2.24, 2.45) is 11.7 Å². The highest BCUT2D eigenvalue weighted by Crippen LogP contribution is 2.38. The van der Waals surface area contributed by atoms with Gasteiger partial charge in [-0.05, 0) is 31.6 Å². The Labute approximate surface area is 122 Å². The molecule has 0 amide bonds. The van der Waals surface area contributed by atoms with E-state index in [1.807, 2.05) is 10.8 Å². The molecule has 0 aliphatic heterocycles. The van der Waals surface area contributed by atoms with Crippen LogP contribution in [0.1, 0.15) is 69.2 Å². The lowest BCUT2D eigenvalue weighted by Crippen LogP contribution is -2.18. The summed E-state index contributed by atoms with van der Waals surface area (Å²) in [5, 5.41) is 8.47. The van der Waals surface area contributed by atoms with Crippen LogP contribution in [0, 0.1) is 5.92 Å². The fourth-order valence-electron chi connectivity index (χ4n) is 3.42. The molecule has 0 saturated heterocycles. The first-order chi connectivity index (χ1) is 9.80. The first-order valence-corrected chi connectivity index (χ1v) is 8.03. The van der Waals surface area contributed by atoms with Crippen LogP contribution in [0.15, 0.2) is 12.7 Å². The second-order valence-corrected chi connectivity index (χ2v) is 5.96. The lowest BCUT2D eigenvalue weighted by Gasteiger charge is -2.29. The number of nitrogens with zero attached hydrogens (tertiary/aromatic N) is 3. The highest BCUT2D eigenvalue weighted by Gasteiger charge is 2.27. The van der Waals surface area contributed by atoms with Crippen molar-refractivity contribution in [2.45, 2.75) is 70.9 Å². The molecular formula is C16H28N4. The van der Waals surface area contributed by atoms with Gasteiger partial charge in [-0.3, -0.25) is 0 Å². The third-order valence-corrected chi connectivity index (χ3v) is 4.54. The zero-order valence-electron chi connectivity index (χ0n) is 12.7. The molecule has 0 atom stereocenters. The Kier molecular flexibility index (Phi) is 5.77. The molecule has 1 heterocycles. The van der Waals surface area contributed by atoms with E-state index in [2.05, 4.69) is 23.8 Å². The maximum atomic E-state index is 5.82. The van der Waals surface area contributed by atoms with Crippen molar-refractivity contribution in [1.29, 1.82) is 0 Å². The third-order valence-electron chi connectivity index (χ3n) is 4.54. The molecule has 0 spiro atoms. The molecule has 4 nitrogen and oxygen atoms in total. The van der Waals surface area contributed by atoms with E-state index in [1.54, 1.807) is 0 Å². The van der Waals surface area contributed by atoms with Gasteiger partial charge in [0.15, 0.2) is 0 Å². The summed E-state index contributed by atoms with van der Waals surface area (Å²) in [6, 6.07) is 0. The molecular weight excluding hydrogens is 248 g/mol. The van der Waals surface area contributed by atoms with Crippen LogP contribution in [0.5, 0.6) is 0 Å². The summed E-state index contributed by atoms with van der Waals surface area (Å²) in [6.45, 7) is 7.30. The smallest absolute Gasteiger partial charge is 0.0997 e. The molecule has 0 radical (unpaired) electrons. The van der Waals surface area contributed by atoms with E-state index in [0.717, 1.165) is 18.2 Å². The summed E-state index contributed by atoms with van der Waals surface area (Å²) >= 11 is 0. The number of nitrogens with two attached hydrogens (primary N) is 1. The molecule has 112 valence electrons. The van der Waals surface area contributed by atoms with E-state index in [0.29, 0.717) is 12.5 Å². The molecule has 1 aliphatic rings. The van der Waals surface area contributed by atoms with Gasteiger partial charge in [-0.1, -0.05) is 37.5 Å². The zero-order valence-corrected chi connectivity index (χ0v) is 12.7. The Morgan fingerprint density at radius 3 is 2.70 bits per heavy atom. The van der Waals surface area contributed by atoms with Crippen molar-refractivity contribution in [1.82, 2.24) is 15.0 Å². The number of rotatable bonds is 7. The molecule has 2 rings (SSSR count). The SMILES string of the molecule is C=CCn1nnc(CN)c1C1CCC(CCCC)CC1. The molecule has 0 bridgehead atoms. The molecule has 2 N–H and O–H groups in total. The standard InChI is InChI=1S/C16H28N4/c1-3-5-6-13-7-9-14(10-8-13)16-15(12-17)18-19-20(16)11-4-2/h4,13-14H,2-3,5-12,17H2,1H3. The molecule has 4 heteroatoms. The van der Waals surface area contributed by atoms with Gasteiger partial charge in [-0.15, -0.1) is 11.7 Å². The highest BCUT2D eigenvalue weighted by atomic mass is 15.4. The fourth-order valence-corrected chi connectivity index (χ4v) is 3.42. The molecule has 1 aromatic rings. The molecule has 1 fully saturated rings. The molecule has 1 aliphatic carbocycles. The van der Waals surface area contributed by atoms with Crippen LogP contribution >= 0.6 is 0 Å². The summed E-state index contributed by atoms with van der Waals surface area (Å²) in [5.74, 6) is 1.51. The van der Waals surface area contributed by atoms with Gasteiger partial charge in [0.1, 0.15) is 0 Å². The summed E-state index contributed by atoms with van der Waals surface area (Å²) < 4.78 is 1.99. The molecule has 20 heavy (non-hydrogen) atoms. The van der Waals surface area contributed by atoms with Crippen LogP contribution in [0.4, 0.5) is 0 Å². The first-order valence-electron chi connectivity index (χ1n) is 8.03. The van der Waals surface area contributed by atoms with E-state index < -0.39 is 0 Å². The van der Waals surface area contributed by atoms with Gasteiger partial charge in [0.25, 0.3) is 0 Å². The van der Waals surface area contributed by atoms with Crippen LogP contribution in [0.25, 0.3) is 0 Å². The minimum absolute atomic E-state index is 0.488. The largest absolute Gasteiger partial charge is 0.325 e. The Bertz CT molecular complexity index is 416. The number of allylic oxidation sites excluding steroid dienone is 1. The van der Waals surface area contributed by atoms with Crippen LogP contribution in [-0.2, 0) is 13.1 Å². The van der Waals surface area contributed by atoms with Gasteiger partial charge < -0.3 is 5.73 Å². The minimum Gasteiger partial charge on any atom is -0.325 e. The number of hydrogen-bond acceptors (Lipinski definition) is 3. The third kappa shape index (κ3) is 3.48.